The second-order valence-corrected chi connectivity index (χ2v) is 6.10. The third kappa shape index (κ3) is 3.80. The Morgan fingerprint density at radius 2 is 1.80 bits per heavy atom. The molecule has 1 N–H and O–H groups in total. The normalized spacial score (nSPS) is 21.2. The van der Waals surface area contributed by atoms with Gasteiger partial charge in [0.2, 0.25) is 0 Å². The maximum Gasteiger partial charge on any atom is 0.123 e. The van der Waals surface area contributed by atoms with E-state index >= 15 is 0 Å². The van der Waals surface area contributed by atoms with Crippen molar-refractivity contribution in [2.24, 2.45) is 5.92 Å². The van der Waals surface area contributed by atoms with Crippen LogP contribution in [0.3, 0.4) is 0 Å². The number of ether oxygens (including phenoxy) is 1. The van der Waals surface area contributed by atoms with Gasteiger partial charge in [0.15, 0.2) is 0 Å². The van der Waals surface area contributed by atoms with Crippen molar-refractivity contribution in [2.45, 2.75) is 50.7 Å². The quantitative estimate of drug-likeness (QED) is 0.765. The molecule has 2 fully saturated rings. The SMILES string of the molecule is Fc1ccc(C(NCCOC2CCCC2)C2CC2)cc1. The van der Waals surface area contributed by atoms with Crippen LogP contribution in [0.5, 0.6) is 0 Å². The van der Waals surface area contributed by atoms with Crippen LogP contribution in [0.2, 0.25) is 0 Å². The summed E-state index contributed by atoms with van der Waals surface area (Å²) < 4.78 is 18.9. The van der Waals surface area contributed by atoms with Crippen molar-refractivity contribution in [3.05, 3.63) is 35.6 Å². The molecule has 1 aromatic carbocycles. The van der Waals surface area contributed by atoms with Gasteiger partial charge in [0.05, 0.1) is 12.7 Å². The van der Waals surface area contributed by atoms with Crippen molar-refractivity contribution >= 4 is 0 Å². The van der Waals surface area contributed by atoms with E-state index < -0.39 is 0 Å². The molecule has 1 atom stereocenters. The summed E-state index contributed by atoms with van der Waals surface area (Å²) in [5, 5.41) is 3.59. The molecule has 0 aromatic heterocycles. The maximum absolute atomic E-state index is 13.0. The second kappa shape index (κ2) is 6.68. The molecule has 0 aliphatic heterocycles. The first-order valence-corrected chi connectivity index (χ1v) is 7.93. The standard InChI is InChI=1S/C17H24FNO/c18-15-9-7-14(8-10-15)17(13-5-6-13)19-11-12-20-16-3-1-2-4-16/h7-10,13,16-17,19H,1-6,11-12H2. The summed E-state index contributed by atoms with van der Waals surface area (Å²) in [7, 11) is 0. The fourth-order valence-corrected chi connectivity index (χ4v) is 3.15. The number of hydrogen-bond acceptors (Lipinski definition) is 2. The molecule has 3 rings (SSSR count). The zero-order chi connectivity index (χ0) is 13.8. The highest BCUT2D eigenvalue weighted by Crippen LogP contribution is 2.40. The number of hydrogen-bond donors (Lipinski definition) is 1. The zero-order valence-corrected chi connectivity index (χ0v) is 12.0. The van der Waals surface area contributed by atoms with Gasteiger partial charge in [-0.1, -0.05) is 25.0 Å². The molecule has 2 aliphatic carbocycles. The summed E-state index contributed by atoms with van der Waals surface area (Å²) >= 11 is 0. The Balaban J connectivity index is 1.46. The van der Waals surface area contributed by atoms with Crippen LogP contribution in [0.1, 0.15) is 50.1 Å². The predicted molar refractivity (Wildman–Crippen MR) is 78.1 cm³/mol. The van der Waals surface area contributed by atoms with Gasteiger partial charge in [0.1, 0.15) is 5.82 Å². The minimum absolute atomic E-state index is 0.159. The molecule has 1 aromatic rings. The Morgan fingerprint density at radius 3 is 2.45 bits per heavy atom. The third-order valence-corrected chi connectivity index (χ3v) is 4.44. The minimum atomic E-state index is -0.159. The van der Waals surface area contributed by atoms with E-state index in [1.54, 1.807) is 12.1 Å². The van der Waals surface area contributed by atoms with Crippen LogP contribution < -0.4 is 5.32 Å². The molecule has 2 aliphatic rings. The molecular formula is C17H24FNO. The van der Waals surface area contributed by atoms with Gasteiger partial charge in [-0.15, -0.1) is 0 Å². The van der Waals surface area contributed by atoms with Gasteiger partial charge < -0.3 is 10.1 Å². The van der Waals surface area contributed by atoms with E-state index in [-0.39, 0.29) is 5.82 Å². The molecule has 0 radical (unpaired) electrons. The van der Waals surface area contributed by atoms with Crippen LogP contribution in [0.25, 0.3) is 0 Å². The fraction of sp³-hybridized carbons (Fsp3) is 0.647. The maximum atomic E-state index is 13.0. The molecular weight excluding hydrogens is 253 g/mol. The van der Waals surface area contributed by atoms with E-state index in [1.807, 2.05) is 12.1 Å². The van der Waals surface area contributed by atoms with Crippen molar-refractivity contribution in [3.8, 4) is 0 Å². The molecule has 20 heavy (non-hydrogen) atoms. The van der Waals surface area contributed by atoms with Crippen molar-refractivity contribution in [3.63, 3.8) is 0 Å². The van der Waals surface area contributed by atoms with Gasteiger partial charge in [0, 0.05) is 12.6 Å². The highest BCUT2D eigenvalue weighted by molar-refractivity contribution is 5.21. The van der Waals surface area contributed by atoms with E-state index in [2.05, 4.69) is 5.32 Å². The van der Waals surface area contributed by atoms with Gasteiger partial charge in [-0.25, -0.2) is 4.39 Å². The number of halogens is 1. The molecule has 3 heteroatoms. The largest absolute Gasteiger partial charge is 0.377 e. The highest BCUT2D eigenvalue weighted by atomic mass is 19.1. The average Bonchev–Trinajstić information content (AvgIpc) is 3.16. The smallest absolute Gasteiger partial charge is 0.123 e. The molecule has 1 unspecified atom stereocenters. The molecule has 2 nitrogen and oxygen atoms in total. The van der Waals surface area contributed by atoms with E-state index in [1.165, 1.54) is 44.1 Å². The lowest BCUT2D eigenvalue weighted by atomic mass is 10.0. The van der Waals surface area contributed by atoms with E-state index in [0.717, 1.165) is 13.2 Å². The Morgan fingerprint density at radius 1 is 1.10 bits per heavy atom. The van der Waals surface area contributed by atoms with E-state index in [4.69, 9.17) is 4.74 Å². The van der Waals surface area contributed by atoms with Crippen molar-refractivity contribution in [1.29, 1.82) is 0 Å². The topological polar surface area (TPSA) is 21.3 Å². The Kier molecular flexibility index (Phi) is 4.69. The zero-order valence-electron chi connectivity index (χ0n) is 12.0. The van der Waals surface area contributed by atoms with Crippen molar-refractivity contribution < 1.29 is 9.13 Å². The van der Waals surface area contributed by atoms with Crippen LogP contribution in [0.15, 0.2) is 24.3 Å². The molecule has 0 bridgehead atoms. The van der Waals surface area contributed by atoms with Crippen LogP contribution in [-0.4, -0.2) is 19.3 Å². The molecule has 0 spiro atoms. The second-order valence-electron chi connectivity index (χ2n) is 6.10. The lowest BCUT2D eigenvalue weighted by Crippen LogP contribution is -2.28. The lowest BCUT2D eigenvalue weighted by Gasteiger charge is -2.20. The van der Waals surface area contributed by atoms with Gasteiger partial charge in [-0.2, -0.15) is 0 Å². The molecule has 110 valence electrons. The monoisotopic (exact) mass is 277 g/mol. The molecule has 2 saturated carbocycles. The minimum Gasteiger partial charge on any atom is -0.377 e. The van der Waals surface area contributed by atoms with E-state index in [9.17, 15) is 4.39 Å². The molecule has 0 amide bonds. The molecule has 0 heterocycles. The van der Waals surface area contributed by atoms with Crippen LogP contribution in [0.4, 0.5) is 4.39 Å². The summed E-state index contributed by atoms with van der Waals surface area (Å²) in [6, 6.07) is 7.29. The van der Waals surface area contributed by atoms with Crippen LogP contribution in [0, 0.1) is 11.7 Å². The summed E-state index contributed by atoms with van der Waals surface area (Å²) in [5.41, 5.74) is 1.20. The fourth-order valence-electron chi connectivity index (χ4n) is 3.15. The third-order valence-electron chi connectivity index (χ3n) is 4.44. The summed E-state index contributed by atoms with van der Waals surface area (Å²) in [6.45, 7) is 1.67. The van der Waals surface area contributed by atoms with Gasteiger partial charge in [-0.05, 0) is 49.3 Å². The summed E-state index contributed by atoms with van der Waals surface area (Å²) in [5.74, 6) is 0.555. The van der Waals surface area contributed by atoms with Gasteiger partial charge in [-0.3, -0.25) is 0 Å². The van der Waals surface area contributed by atoms with Crippen molar-refractivity contribution in [1.82, 2.24) is 5.32 Å². The lowest BCUT2D eigenvalue weighted by molar-refractivity contribution is 0.0587. The Labute approximate surface area is 120 Å². The summed E-state index contributed by atoms with van der Waals surface area (Å²) in [4.78, 5) is 0. The molecule has 0 saturated heterocycles. The van der Waals surface area contributed by atoms with Crippen LogP contribution >= 0.6 is 0 Å². The van der Waals surface area contributed by atoms with Crippen LogP contribution in [-0.2, 0) is 4.74 Å². The van der Waals surface area contributed by atoms with Gasteiger partial charge >= 0.3 is 0 Å². The Bertz CT molecular complexity index is 410. The van der Waals surface area contributed by atoms with Crippen molar-refractivity contribution in [2.75, 3.05) is 13.2 Å². The predicted octanol–water partition coefficient (Wildman–Crippen LogP) is 3.83. The number of nitrogens with one attached hydrogen (secondary N) is 1. The van der Waals surface area contributed by atoms with Gasteiger partial charge in [0.25, 0.3) is 0 Å². The average molecular weight is 277 g/mol. The first kappa shape index (κ1) is 14.0. The highest BCUT2D eigenvalue weighted by Gasteiger charge is 2.31. The first-order valence-electron chi connectivity index (χ1n) is 7.93. The number of rotatable bonds is 7. The number of benzene rings is 1. The Hall–Kier alpha value is -0.930. The first-order chi connectivity index (χ1) is 9.83. The van der Waals surface area contributed by atoms with E-state index in [0.29, 0.717) is 18.1 Å². The summed E-state index contributed by atoms with van der Waals surface area (Å²) in [6.07, 6.45) is 8.13.